The van der Waals surface area contributed by atoms with Crippen LogP contribution in [0.5, 0.6) is 0 Å². The molecule has 1 fully saturated rings. The monoisotopic (exact) mass is 217 g/mol. The van der Waals surface area contributed by atoms with Crippen LogP contribution in [-0.2, 0) is 10.8 Å². The Morgan fingerprint density at radius 2 is 2.00 bits per heavy atom. The first-order valence-electron chi connectivity index (χ1n) is 5.81. The largest absolute Gasteiger partial charge is 0.330 e. The number of hydrogen-bond donors (Lipinski definition) is 1. The molecular formula is C11H23NOS. The first-order valence-corrected chi connectivity index (χ1v) is 7.19. The van der Waals surface area contributed by atoms with Gasteiger partial charge in [-0.15, -0.1) is 0 Å². The van der Waals surface area contributed by atoms with E-state index in [0.29, 0.717) is 11.8 Å². The van der Waals surface area contributed by atoms with Crippen LogP contribution >= 0.6 is 0 Å². The Balaban J connectivity index is 2.24. The number of hydrogen-bond acceptors (Lipinski definition) is 2. The summed E-state index contributed by atoms with van der Waals surface area (Å²) < 4.78 is 11.9. The zero-order chi connectivity index (χ0) is 10.4. The maximum Gasteiger partial charge on any atom is 0.0331 e. The fourth-order valence-electron chi connectivity index (χ4n) is 2.12. The molecule has 1 saturated carbocycles. The molecule has 2 N–H and O–H groups in total. The van der Waals surface area contributed by atoms with E-state index in [0.717, 1.165) is 18.1 Å². The topological polar surface area (TPSA) is 43.1 Å². The van der Waals surface area contributed by atoms with Crippen LogP contribution in [0, 0.1) is 5.92 Å². The molecule has 1 aliphatic carbocycles. The van der Waals surface area contributed by atoms with Crippen molar-refractivity contribution < 1.29 is 4.21 Å². The van der Waals surface area contributed by atoms with Crippen molar-refractivity contribution >= 4 is 10.8 Å². The van der Waals surface area contributed by atoms with Gasteiger partial charge in [-0.25, -0.2) is 0 Å². The van der Waals surface area contributed by atoms with Crippen molar-refractivity contribution in [3.63, 3.8) is 0 Å². The first-order chi connectivity index (χ1) is 6.74. The third-order valence-corrected chi connectivity index (χ3v) is 5.08. The van der Waals surface area contributed by atoms with Crippen LogP contribution in [0.4, 0.5) is 0 Å². The lowest BCUT2D eigenvalue weighted by molar-refractivity contribution is 0.388. The smallest absolute Gasteiger partial charge is 0.0331 e. The standard InChI is InChI=1S/C11H23NOS/c1-10(7-8-12)14(13)9-11-5-3-2-4-6-11/h10-11H,2-9,12H2,1H3. The molecule has 0 aromatic carbocycles. The number of rotatable bonds is 5. The van der Waals surface area contributed by atoms with Gasteiger partial charge in [0.1, 0.15) is 0 Å². The van der Waals surface area contributed by atoms with Gasteiger partial charge in [-0.3, -0.25) is 4.21 Å². The van der Waals surface area contributed by atoms with E-state index in [1.165, 1.54) is 32.1 Å². The highest BCUT2D eigenvalue weighted by Crippen LogP contribution is 2.25. The molecule has 2 atom stereocenters. The van der Waals surface area contributed by atoms with Crippen molar-refractivity contribution in [2.75, 3.05) is 12.3 Å². The van der Waals surface area contributed by atoms with E-state index in [-0.39, 0.29) is 0 Å². The number of nitrogens with two attached hydrogens (primary N) is 1. The van der Waals surface area contributed by atoms with Crippen LogP contribution in [0.2, 0.25) is 0 Å². The minimum atomic E-state index is -0.642. The van der Waals surface area contributed by atoms with Crippen LogP contribution in [-0.4, -0.2) is 21.8 Å². The van der Waals surface area contributed by atoms with Gasteiger partial charge < -0.3 is 5.73 Å². The fraction of sp³-hybridized carbons (Fsp3) is 1.00. The Hall–Kier alpha value is 0.110. The maximum absolute atomic E-state index is 11.9. The second-order valence-corrected chi connectivity index (χ2v) is 6.34. The molecule has 0 spiro atoms. The van der Waals surface area contributed by atoms with Gasteiger partial charge in [-0.1, -0.05) is 26.2 Å². The summed E-state index contributed by atoms with van der Waals surface area (Å²) in [6.45, 7) is 2.73. The van der Waals surface area contributed by atoms with Crippen molar-refractivity contribution in [3.8, 4) is 0 Å². The van der Waals surface area contributed by atoms with Gasteiger partial charge in [0.05, 0.1) is 0 Å². The molecular weight excluding hydrogens is 194 g/mol. The SMILES string of the molecule is CC(CCN)S(=O)CC1CCCCC1. The summed E-state index contributed by atoms with van der Waals surface area (Å²) in [7, 11) is -0.642. The fourth-order valence-corrected chi connectivity index (χ4v) is 3.64. The predicted octanol–water partition coefficient (Wildman–Crippen LogP) is 2.05. The molecule has 0 saturated heterocycles. The van der Waals surface area contributed by atoms with Crippen molar-refractivity contribution in [2.45, 2.75) is 50.7 Å². The van der Waals surface area contributed by atoms with Gasteiger partial charge in [0, 0.05) is 21.8 Å². The lowest BCUT2D eigenvalue weighted by Gasteiger charge is -2.22. The molecule has 3 heteroatoms. The summed E-state index contributed by atoms with van der Waals surface area (Å²) in [5.74, 6) is 1.64. The van der Waals surface area contributed by atoms with Crippen LogP contribution in [0.1, 0.15) is 45.4 Å². The summed E-state index contributed by atoms with van der Waals surface area (Å²) in [4.78, 5) is 0. The van der Waals surface area contributed by atoms with E-state index in [1.807, 2.05) is 0 Å². The van der Waals surface area contributed by atoms with Gasteiger partial charge in [-0.2, -0.15) is 0 Å². The molecule has 2 nitrogen and oxygen atoms in total. The Kier molecular flexibility index (Phi) is 5.71. The Labute approximate surface area is 90.1 Å². The molecule has 1 aliphatic rings. The van der Waals surface area contributed by atoms with Gasteiger partial charge in [0.25, 0.3) is 0 Å². The average Bonchev–Trinajstić information content (AvgIpc) is 2.19. The third kappa shape index (κ3) is 4.09. The lowest BCUT2D eigenvalue weighted by Crippen LogP contribution is -2.23. The third-order valence-electron chi connectivity index (χ3n) is 3.15. The molecule has 0 radical (unpaired) electrons. The quantitative estimate of drug-likeness (QED) is 0.766. The zero-order valence-corrected chi connectivity index (χ0v) is 10.0. The van der Waals surface area contributed by atoms with Crippen LogP contribution in [0.15, 0.2) is 0 Å². The highest BCUT2D eigenvalue weighted by molar-refractivity contribution is 7.85. The zero-order valence-electron chi connectivity index (χ0n) is 9.21. The highest BCUT2D eigenvalue weighted by Gasteiger charge is 2.18. The van der Waals surface area contributed by atoms with E-state index in [1.54, 1.807) is 0 Å². The summed E-state index contributed by atoms with van der Waals surface area (Å²) in [5, 5.41) is 0.293. The van der Waals surface area contributed by atoms with Crippen LogP contribution in [0.25, 0.3) is 0 Å². The van der Waals surface area contributed by atoms with Gasteiger partial charge in [-0.05, 0) is 31.7 Å². The van der Waals surface area contributed by atoms with Crippen molar-refractivity contribution in [1.29, 1.82) is 0 Å². The second-order valence-electron chi connectivity index (χ2n) is 4.44. The van der Waals surface area contributed by atoms with Crippen molar-refractivity contribution in [3.05, 3.63) is 0 Å². The second kappa shape index (κ2) is 6.57. The van der Waals surface area contributed by atoms with Gasteiger partial charge in [0.2, 0.25) is 0 Å². The Morgan fingerprint density at radius 3 is 2.57 bits per heavy atom. The van der Waals surface area contributed by atoms with Gasteiger partial charge in [0.15, 0.2) is 0 Å². The summed E-state index contributed by atoms with van der Waals surface area (Å²) in [5.41, 5.74) is 5.47. The van der Waals surface area contributed by atoms with E-state index >= 15 is 0 Å². The summed E-state index contributed by atoms with van der Waals surface area (Å²) in [6, 6.07) is 0. The van der Waals surface area contributed by atoms with E-state index in [9.17, 15) is 4.21 Å². The minimum Gasteiger partial charge on any atom is -0.330 e. The summed E-state index contributed by atoms with van der Waals surface area (Å²) in [6.07, 6.45) is 7.54. The van der Waals surface area contributed by atoms with Crippen molar-refractivity contribution in [1.82, 2.24) is 0 Å². The summed E-state index contributed by atoms with van der Waals surface area (Å²) >= 11 is 0. The highest BCUT2D eigenvalue weighted by atomic mass is 32.2. The maximum atomic E-state index is 11.9. The molecule has 0 heterocycles. The molecule has 0 bridgehead atoms. The normalized spacial score (nSPS) is 23.3. The molecule has 0 aromatic heterocycles. The molecule has 0 aliphatic heterocycles. The van der Waals surface area contributed by atoms with Crippen molar-refractivity contribution in [2.24, 2.45) is 11.7 Å². The first kappa shape index (κ1) is 12.2. The minimum absolute atomic E-state index is 0.293. The van der Waals surface area contributed by atoms with Crippen LogP contribution < -0.4 is 5.73 Å². The Morgan fingerprint density at radius 1 is 1.36 bits per heavy atom. The molecule has 1 rings (SSSR count). The van der Waals surface area contributed by atoms with E-state index in [4.69, 9.17) is 5.73 Å². The Bertz CT molecular complexity index is 178. The average molecular weight is 217 g/mol. The molecule has 0 aromatic rings. The van der Waals surface area contributed by atoms with Gasteiger partial charge >= 0.3 is 0 Å². The molecule has 2 unspecified atom stereocenters. The lowest BCUT2D eigenvalue weighted by atomic mass is 9.91. The van der Waals surface area contributed by atoms with Crippen LogP contribution in [0.3, 0.4) is 0 Å². The molecule has 0 amide bonds. The predicted molar refractivity (Wildman–Crippen MR) is 62.7 cm³/mol. The molecule has 14 heavy (non-hydrogen) atoms. The van der Waals surface area contributed by atoms with E-state index < -0.39 is 10.8 Å². The molecule has 84 valence electrons. The van der Waals surface area contributed by atoms with E-state index in [2.05, 4.69) is 6.92 Å².